The normalized spacial score (nSPS) is 16.6. The molecule has 0 saturated heterocycles. The van der Waals surface area contributed by atoms with Crippen molar-refractivity contribution in [3.8, 4) is 0 Å². The second-order valence-corrected chi connectivity index (χ2v) is 6.09. The van der Waals surface area contributed by atoms with Crippen molar-refractivity contribution in [2.75, 3.05) is 37.7 Å². The van der Waals surface area contributed by atoms with Gasteiger partial charge >= 0.3 is 0 Å². The lowest BCUT2D eigenvalue weighted by atomic mass is 10.0. The molecule has 1 N–H and O–H groups in total. The lowest BCUT2D eigenvalue weighted by molar-refractivity contribution is 0.269. The van der Waals surface area contributed by atoms with Crippen molar-refractivity contribution in [3.05, 3.63) is 24.0 Å². The van der Waals surface area contributed by atoms with Crippen molar-refractivity contribution in [2.24, 2.45) is 0 Å². The maximum absolute atomic E-state index is 8.89. The van der Waals surface area contributed by atoms with Gasteiger partial charge in [0.1, 0.15) is 0 Å². The Morgan fingerprint density at radius 3 is 3.00 bits per heavy atom. The van der Waals surface area contributed by atoms with Crippen LogP contribution in [0.3, 0.4) is 0 Å². The van der Waals surface area contributed by atoms with E-state index in [2.05, 4.69) is 23.0 Å². The highest BCUT2D eigenvalue weighted by atomic mass is 32.2. The summed E-state index contributed by atoms with van der Waals surface area (Å²) < 4.78 is 1.81. The third kappa shape index (κ3) is 4.37. The quantitative estimate of drug-likeness (QED) is 0.773. The minimum absolute atomic E-state index is 0.142. The van der Waals surface area contributed by atoms with E-state index in [1.165, 1.54) is 29.2 Å². The third-order valence-electron chi connectivity index (χ3n) is 3.38. The molecule has 0 aromatic carbocycles. The zero-order chi connectivity index (χ0) is 13.5. The fourth-order valence-corrected chi connectivity index (χ4v) is 2.94. The Hall–Kier alpha value is -0.780. The summed E-state index contributed by atoms with van der Waals surface area (Å²) >= 11 is 2.01. The number of rotatable bonds is 7. The topological polar surface area (TPSA) is 41.3 Å². The second kappa shape index (κ2) is 7.72. The van der Waals surface area contributed by atoms with Crippen LogP contribution in [0, 0.1) is 0 Å². The summed E-state index contributed by atoms with van der Waals surface area (Å²) in [6.45, 7) is 6.30. The van der Waals surface area contributed by atoms with Crippen LogP contribution in [-0.4, -0.2) is 57.5 Å². The fraction of sp³-hybridized carbons (Fsp3) is 0.643. The minimum Gasteiger partial charge on any atom is -0.394 e. The fourth-order valence-electron chi connectivity index (χ4n) is 2.27. The van der Waals surface area contributed by atoms with Gasteiger partial charge in [-0.3, -0.25) is 9.58 Å². The molecule has 0 spiro atoms. The summed E-state index contributed by atoms with van der Waals surface area (Å²) in [6.07, 6.45) is 7.36. The molecular formula is C14H23N3OS. The van der Waals surface area contributed by atoms with Gasteiger partial charge in [0.25, 0.3) is 0 Å². The van der Waals surface area contributed by atoms with Crippen LogP contribution in [0.15, 0.2) is 18.5 Å². The number of nitrogens with zero attached hydrogens (tertiary/aromatic N) is 3. The largest absolute Gasteiger partial charge is 0.394 e. The Balaban J connectivity index is 1.85. The summed E-state index contributed by atoms with van der Waals surface area (Å²) in [5.74, 6) is 2.44. The van der Waals surface area contributed by atoms with Gasteiger partial charge < -0.3 is 5.11 Å². The number of thioether (sulfide) groups is 1. The lowest BCUT2D eigenvalue weighted by Crippen LogP contribution is -2.30. The van der Waals surface area contributed by atoms with E-state index in [4.69, 9.17) is 5.11 Å². The molecule has 4 nitrogen and oxygen atoms in total. The van der Waals surface area contributed by atoms with Crippen molar-refractivity contribution in [3.63, 3.8) is 0 Å². The average Bonchev–Trinajstić information content (AvgIpc) is 2.89. The Labute approximate surface area is 119 Å². The molecule has 0 bridgehead atoms. The van der Waals surface area contributed by atoms with Crippen LogP contribution in [0.4, 0.5) is 0 Å². The van der Waals surface area contributed by atoms with E-state index in [9.17, 15) is 0 Å². The first-order valence-electron chi connectivity index (χ1n) is 6.96. The molecule has 0 aliphatic carbocycles. The van der Waals surface area contributed by atoms with Gasteiger partial charge in [-0.05, 0) is 17.7 Å². The van der Waals surface area contributed by atoms with Crippen LogP contribution in [0.25, 0.3) is 5.57 Å². The van der Waals surface area contributed by atoms with Crippen molar-refractivity contribution < 1.29 is 5.11 Å². The van der Waals surface area contributed by atoms with Crippen LogP contribution in [0.1, 0.15) is 18.9 Å². The summed E-state index contributed by atoms with van der Waals surface area (Å²) in [4.78, 5) is 2.50. The molecule has 19 heavy (non-hydrogen) atoms. The number of aromatic nitrogens is 2. The highest BCUT2D eigenvalue weighted by molar-refractivity contribution is 7.99. The molecule has 2 heterocycles. The molecule has 2 rings (SSSR count). The molecule has 0 saturated carbocycles. The van der Waals surface area contributed by atoms with Gasteiger partial charge in [0.05, 0.1) is 19.3 Å². The van der Waals surface area contributed by atoms with Crippen LogP contribution >= 0.6 is 11.8 Å². The maximum Gasteiger partial charge on any atom is 0.0641 e. The second-order valence-electron chi connectivity index (χ2n) is 4.69. The SMILES string of the molecule is CCSCCN1CC=C(c2cnn(CCO)c2)CC1. The first kappa shape index (κ1) is 14.6. The average molecular weight is 281 g/mol. The molecule has 1 aromatic heterocycles. The predicted molar refractivity (Wildman–Crippen MR) is 81.3 cm³/mol. The molecule has 1 aromatic rings. The number of aliphatic hydroxyl groups excluding tert-OH is 1. The van der Waals surface area contributed by atoms with Gasteiger partial charge in [0.2, 0.25) is 0 Å². The third-order valence-corrected chi connectivity index (χ3v) is 4.26. The van der Waals surface area contributed by atoms with Gasteiger partial charge in [0, 0.05) is 37.1 Å². The molecular weight excluding hydrogens is 258 g/mol. The number of aliphatic hydroxyl groups is 1. The summed E-state index contributed by atoms with van der Waals surface area (Å²) in [5.41, 5.74) is 2.60. The van der Waals surface area contributed by atoms with E-state index >= 15 is 0 Å². The monoisotopic (exact) mass is 281 g/mol. The zero-order valence-electron chi connectivity index (χ0n) is 11.6. The molecule has 0 amide bonds. The number of hydrogen-bond acceptors (Lipinski definition) is 4. The minimum atomic E-state index is 0.142. The van der Waals surface area contributed by atoms with Crippen LogP contribution in [0.5, 0.6) is 0 Å². The Morgan fingerprint density at radius 2 is 2.32 bits per heavy atom. The molecule has 0 unspecified atom stereocenters. The summed E-state index contributed by atoms with van der Waals surface area (Å²) in [5, 5.41) is 13.2. The van der Waals surface area contributed by atoms with Gasteiger partial charge in [0.15, 0.2) is 0 Å². The van der Waals surface area contributed by atoms with Gasteiger partial charge in [-0.2, -0.15) is 16.9 Å². The van der Waals surface area contributed by atoms with Crippen molar-refractivity contribution in [1.82, 2.24) is 14.7 Å². The molecule has 0 fully saturated rings. The van der Waals surface area contributed by atoms with Crippen molar-refractivity contribution in [1.29, 1.82) is 0 Å². The first-order chi connectivity index (χ1) is 9.33. The Bertz CT molecular complexity index is 417. The Morgan fingerprint density at radius 1 is 1.42 bits per heavy atom. The number of hydrogen-bond donors (Lipinski definition) is 1. The predicted octanol–water partition coefficient (Wildman–Crippen LogP) is 1.72. The standard InChI is InChI=1S/C14H23N3OS/c1-2-19-10-8-16-5-3-13(4-6-16)14-11-15-17(12-14)7-9-18/h3,11-12,18H,2,4-10H2,1H3. The highest BCUT2D eigenvalue weighted by Gasteiger charge is 2.13. The van der Waals surface area contributed by atoms with E-state index in [0.29, 0.717) is 6.54 Å². The summed E-state index contributed by atoms with van der Waals surface area (Å²) in [7, 11) is 0. The van der Waals surface area contributed by atoms with Crippen molar-refractivity contribution in [2.45, 2.75) is 19.9 Å². The van der Waals surface area contributed by atoms with Gasteiger partial charge in [-0.15, -0.1) is 0 Å². The van der Waals surface area contributed by atoms with E-state index < -0.39 is 0 Å². The Kier molecular flexibility index (Phi) is 5.94. The van der Waals surface area contributed by atoms with Crippen LogP contribution in [0.2, 0.25) is 0 Å². The van der Waals surface area contributed by atoms with Crippen LogP contribution in [-0.2, 0) is 6.54 Å². The lowest BCUT2D eigenvalue weighted by Gasteiger charge is -2.25. The van der Waals surface area contributed by atoms with Gasteiger partial charge in [-0.25, -0.2) is 0 Å². The first-order valence-corrected chi connectivity index (χ1v) is 8.11. The molecule has 1 aliphatic rings. The molecule has 0 radical (unpaired) electrons. The van der Waals surface area contributed by atoms with Crippen molar-refractivity contribution >= 4 is 17.3 Å². The van der Waals surface area contributed by atoms with E-state index in [0.717, 1.165) is 19.5 Å². The molecule has 1 aliphatic heterocycles. The smallest absolute Gasteiger partial charge is 0.0641 e. The van der Waals surface area contributed by atoms with Gasteiger partial charge in [-0.1, -0.05) is 13.0 Å². The van der Waals surface area contributed by atoms with E-state index in [1.54, 1.807) is 4.68 Å². The highest BCUT2D eigenvalue weighted by Crippen LogP contribution is 2.21. The molecule has 0 atom stereocenters. The van der Waals surface area contributed by atoms with E-state index in [1.807, 2.05) is 24.2 Å². The zero-order valence-corrected chi connectivity index (χ0v) is 12.4. The molecule has 5 heteroatoms. The summed E-state index contributed by atoms with van der Waals surface area (Å²) in [6, 6.07) is 0. The molecule has 106 valence electrons. The maximum atomic E-state index is 8.89. The van der Waals surface area contributed by atoms with Crippen LogP contribution < -0.4 is 0 Å². The van der Waals surface area contributed by atoms with E-state index in [-0.39, 0.29) is 6.61 Å².